The van der Waals surface area contributed by atoms with Crippen LogP contribution in [0.2, 0.25) is 0 Å². The maximum atomic E-state index is 13.1. The highest BCUT2D eigenvalue weighted by Gasteiger charge is 2.41. The van der Waals surface area contributed by atoms with E-state index < -0.39 is 26.1 Å². The van der Waals surface area contributed by atoms with Crippen LogP contribution in [0.4, 0.5) is 0 Å². The molecule has 0 radical (unpaired) electrons. The molecule has 0 N–H and O–H groups in total. The van der Waals surface area contributed by atoms with Crippen LogP contribution in [0.1, 0.15) is 44.1 Å². The van der Waals surface area contributed by atoms with Gasteiger partial charge in [0.05, 0.1) is 5.75 Å². The van der Waals surface area contributed by atoms with Crippen LogP contribution in [0.3, 0.4) is 0 Å². The van der Waals surface area contributed by atoms with Gasteiger partial charge < -0.3 is 9.42 Å². The van der Waals surface area contributed by atoms with Gasteiger partial charge in [-0.3, -0.25) is 4.79 Å². The molecule has 2 saturated heterocycles. The summed E-state index contributed by atoms with van der Waals surface area (Å²) in [6.45, 7) is 6.34. The Kier molecular flexibility index (Phi) is 6.90. The standard InChI is InChI=1S/C18H30N4O6S2/c1-4-13-29(24,25)22-10-5-7-16(22)18(23)20-8-6-9-21(12-11-20)30(26,27)17-14(2)19-28-15(17)3/h16H,4-13H2,1-3H3. The zero-order valence-electron chi connectivity index (χ0n) is 17.7. The van der Waals surface area contributed by atoms with Crippen LogP contribution >= 0.6 is 0 Å². The van der Waals surface area contributed by atoms with Crippen molar-refractivity contribution >= 4 is 26.0 Å². The summed E-state index contributed by atoms with van der Waals surface area (Å²) in [5.41, 5.74) is 0.312. The van der Waals surface area contributed by atoms with E-state index in [4.69, 9.17) is 4.52 Å². The number of amides is 1. The summed E-state index contributed by atoms with van der Waals surface area (Å²) in [6, 6.07) is -0.688. The third-order valence-corrected chi connectivity index (χ3v) is 9.86. The largest absolute Gasteiger partial charge is 0.360 e. The summed E-state index contributed by atoms with van der Waals surface area (Å²) < 4.78 is 58.9. The predicted octanol–water partition coefficient (Wildman–Crippen LogP) is 0.719. The van der Waals surface area contributed by atoms with Crippen molar-refractivity contribution in [2.45, 2.75) is 57.4 Å². The van der Waals surface area contributed by atoms with Crippen molar-refractivity contribution in [3.8, 4) is 0 Å². The Morgan fingerprint density at radius 2 is 1.80 bits per heavy atom. The molecule has 0 saturated carbocycles. The molecule has 1 amide bonds. The Balaban J connectivity index is 1.73. The van der Waals surface area contributed by atoms with Crippen molar-refractivity contribution < 1.29 is 26.2 Å². The van der Waals surface area contributed by atoms with E-state index in [1.165, 1.54) is 8.61 Å². The van der Waals surface area contributed by atoms with Gasteiger partial charge in [-0.15, -0.1) is 0 Å². The van der Waals surface area contributed by atoms with Crippen molar-refractivity contribution in [3.63, 3.8) is 0 Å². The quantitative estimate of drug-likeness (QED) is 0.610. The fraction of sp³-hybridized carbons (Fsp3) is 0.778. The molecule has 12 heteroatoms. The molecular formula is C18H30N4O6S2. The summed E-state index contributed by atoms with van der Waals surface area (Å²) in [5.74, 6) is 0.0384. The van der Waals surface area contributed by atoms with E-state index in [9.17, 15) is 21.6 Å². The monoisotopic (exact) mass is 462 g/mol. The molecule has 170 valence electrons. The second-order valence-electron chi connectivity index (χ2n) is 7.82. The molecule has 2 aliphatic rings. The Hall–Kier alpha value is -1.50. The summed E-state index contributed by atoms with van der Waals surface area (Å²) in [6.07, 6.45) is 2.12. The summed E-state index contributed by atoms with van der Waals surface area (Å²) in [4.78, 5) is 14.8. The highest BCUT2D eigenvalue weighted by Crippen LogP contribution is 2.26. The number of sulfonamides is 2. The lowest BCUT2D eigenvalue weighted by molar-refractivity contribution is -0.134. The molecule has 30 heavy (non-hydrogen) atoms. The third-order valence-electron chi connectivity index (χ3n) is 5.64. The first-order valence-electron chi connectivity index (χ1n) is 10.3. The first-order valence-corrected chi connectivity index (χ1v) is 13.4. The molecule has 0 bridgehead atoms. The third kappa shape index (κ3) is 4.41. The number of nitrogens with zero attached hydrogens (tertiary/aromatic N) is 4. The van der Waals surface area contributed by atoms with Gasteiger partial charge in [0.1, 0.15) is 16.6 Å². The molecule has 1 atom stereocenters. The second-order valence-corrected chi connectivity index (χ2v) is 11.7. The van der Waals surface area contributed by atoms with Crippen molar-refractivity contribution in [2.24, 2.45) is 0 Å². The van der Waals surface area contributed by atoms with Crippen molar-refractivity contribution in [3.05, 3.63) is 11.5 Å². The van der Waals surface area contributed by atoms with Gasteiger partial charge in [-0.2, -0.15) is 8.61 Å². The van der Waals surface area contributed by atoms with Crippen molar-refractivity contribution in [1.29, 1.82) is 0 Å². The van der Waals surface area contributed by atoms with Crippen LogP contribution in [-0.2, 0) is 24.8 Å². The molecule has 3 rings (SSSR count). The average molecular weight is 463 g/mol. The predicted molar refractivity (Wildman–Crippen MR) is 110 cm³/mol. The molecule has 10 nitrogen and oxygen atoms in total. The number of carbonyl (C=O) groups excluding carboxylic acids is 1. The second kappa shape index (κ2) is 8.93. The molecule has 2 aliphatic heterocycles. The van der Waals surface area contributed by atoms with Crippen LogP contribution in [0.15, 0.2) is 9.42 Å². The molecule has 2 fully saturated rings. The average Bonchev–Trinajstić information content (AvgIpc) is 3.20. The van der Waals surface area contributed by atoms with Gasteiger partial charge >= 0.3 is 0 Å². The van der Waals surface area contributed by atoms with Gasteiger partial charge in [-0.1, -0.05) is 12.1 Å². The lowest BCUT2D eigenvalue weighted by Crippen LogP contribution is -2.49. The Labute approximate surface area is 178 Å². The zero-order chi connectivity index (χ0) is 22.1. The molecule has 1 unspecified atom stereocenters. The van der Waals surface area contributed by atoms with Gasteiger partial charge in [-0.05, 0) is 39.5 Å². The molecule has 3 heterocycles. The van der Waals surface area contributed by atoms with E-state index in [0.717, 1.165) is 0 Å². The lowest BCUT2D eigenvalue weighted by atomic mass is 10.2. The van der Waals surface area contributed by atoms with Crippen LogP contribution in [0.25, 0.3) is 0 Å². The number of hydrogen-bond acceptors (Lipinski definition) is 7. The highest BCUT2D eigenvalue weighted by atomic mass is 32.2. The maximum Gasteiger partial charge on any atom is 0.248 e. The Morgan fingerprint density at radius 1 is 1.07 bits per heavy atom. The van der Waals surface area contributed by atoms with E-state index in [2.05, 4.69) is 5.16 Å². The van der Waals surface area contributed by atoms with E-state index in [1.807, 2.05) is 0 Å². The van der Waals surface area contributed by atoms with Crippen molar-refractivity contribution in [1.82, 2.24) is 18.7 Å². The summed E-state index contributed by atoms with van der Waals surface area (Å²) in [5, 5.41) is 3.73. The summed E-state index contributed by atoms with van der Waals surface area (Å²) in [7, 11) is -7.24. The number of aromatic nitrogens is 1. The smallest absolute Gasteiger partial charge is 0.248 e. The normalized spacial score (nSPS) is 22.4. The summed E-state index contributed by atoms with van der Waals surface area (Å²) >= 11 is 0. The van der Waals surface area contributed by atoms with Crippen LogP contribution in [-0.4, -0.2) is 85.9 Å². The van der Waals surface area contributed by atoms with Gasteiger partial charge in [0.15, 0.2) is 5.76 Å². The van der Waals surface area contributed by atoms with Crippen LogP contribution in [0.5, 0.6) is 0 Å². The maximum absolute atomic E-state index is 13.1. The molecule has 0 aliphatic carbocycles. The van der Waals surface area contributed by atoms with Gasteiger partial charge in [0, 0.05) is 32.7 Å². The molecule has 1 aromatic heterocycles. The fourth-order valence-electron chi connectivity index (χ4n) is 4.23. The van der Waals surface area contributed by atoms with Gasteiger partial charge in [0.25, 0.3) is 0 Å². The SMILES string of the molecule is CCCS(=O)(=O)N1CCCC1C(=O)N1CCCN(S(=O)(=O)c2c(C)noc2C)CC1. The minimum Gasteiger partial charge on any atom is -0.360 e. The van der Waals surface area contributed by atoms with E-state index >= 15 is 0 Å². The molecule has 1 aromatic rings. The Bertz CT molecular complexity index is 969. The minimum atomic E-state index is -3.78. The van der Waals surface area contributed by atoms with E-state index in [0.29, 0.717) is 44.5 Å². The topological polar surface area (TPSA) is 121 Å². The first-order chi connectivity index (χ1) is 14.1. The van der Waals surface area contributed by atoms with Crippen molar-refractivity contribution in [2.75, 3.05) is 38.5 Å². The Morgan fingerprint density at radius 3 is 2.43 bits per heavy atom. The fourth-order valence-corrected chi connectivity index (χ4v) is 7.73. The number of aryl methyl sites for hydroxylation is 2. The van der Waals surface area contributed by atoms with Crippen LogP contribution < -0.4 is 0 Å². The molecular weight excluding hydrogens is 432 g/mol. The molecule has 0 spiro atoms. The highest BCUT2D eigenvalue weighted by molar-refractivity contribution is 7.89. The number of rotatable bonds is 6. The van der Waals surface area contributed by atoms with Gasteiger partial charge in [0.2, 0.25) is 26.0 Å². The zero-order valence-corrected chi connectivity index (χ0v) is 19.3. The number of hydrogen-bond donors (Lipinski definition) is 0. The molecule has 0 aromatic carbocycles. The van der Waals surface area contributed by atoms with E-state index in [-0.39, 0.29) is 42.0 Å². The number of carbonyl (C=O) groups is 1. The minimum absolute atomic E-state index is 0.0280. The first kappa shape index (κ1) is 23.2. The van der Waals surface area contributed by atoms with Gasteiger partial charge in [-0.25, -0.2) is 16.8 Å². The van der Waals surface area contributed by atoms with E-state index in [1.54, 1.807) is 25.7 Å². The lowest BCUT2D eigenvalue weighted by Gasteiger charge is -2.29. The van der Waals surface area contributed by atoms with Crippen LogP contribution in [0, 0.1) is 13.8 Å².